The predicted molar refractivity (Wildman–Crippen MR) is 120 cm³/mol. The second-order valence-corrected chi connectivity index (χ2v) is 8.40. The highest BCUT2D eigenvalue weighted by molar-refractivity contribution is 9.10. The maximum Gasteiger partial charge on any atom is 0.254 e. The molecule has 0 saturated carbocycles. The fourth-order valence-electron chi connectivity index (χ4n) is 4.08. The minimum absolute atomic E-state index is 0.0232. The first kappa shape index (κ1) is 20.7. The average molecular weight is 472 g/mol. The van der Waals surface area contributed by atoms with Gasteiger partial charge in [0.1, 0.15) is 5.65 Å². The van der Waals surface area contributed by atoms with Gasteiger partial charge >= 0.3 is 0 Å². The fraction of sp³-hybridized carbons (Fsp3) is 0.391. The molecule has 30 heavy (non-hydrogen) atoms. The molecule has 0 radical (unpaired) electrons. The van der Waals surface area contributed by atoms with Gasteiger partial charge in [0.2, 0.25) is 0 Å². The number of ether oxygens (including phenoxy) is 2. The van der Waals surface area contributed by atoms with Crippen LogP contribution in [-0.2, 0) is 0 Å². The van der Waals surface area contributed by atoms with Crippen LogP contribution in [0.2, 0.25) is 0 Å². The molecule has 2 aromatic heterocycles. The second-order valence-electron chi connectivity index (χ2n) is 7.55. The van der Waals surface area contributed by atoms with Crippen molar-refractivity contribution >= 4 is 32.9 Å². The van der Waals surface area contributed by atoms with Crippen LogP contribution < -0.4 is 9.47 Å². The molecule has 0 aliphatic carbocycles. The Bertz CT molecular complexity index is 1040. The topological polar surface area (TPSA) is 67.5 Å². The standard InChI is InChI=1S/C23H26BrN3O3/c1-3-11-30-21-19(24)12-16(13-20(21)29-2)23(28)27-9-6-15(7-10-27)18-14-26-22-17(18)5-4-8-25-22/h4-5,8,12-15H,3,6-7,9-11H2,1-2H3,(H,25,26). The minimum Gasteiger partial charge on any atom is -0.493 e. The Balaban J connectivity index is 1.47. The van der Waals surface area contributed by atoms with E-state index in [-0.39, 0.29) is 5.91 Å². The summed E-state index contributed by atoms with van der Waals surface area (Å²) in [4.78, 5) is 22.7. The molecule has 3 heterocycles. The molecule has 1 aliphatic rings. The van der Waals surface area contributed by atoms with Gasteiger partial charge in [0.05, 0.1) is 18.2 Å². The van der Waals surface area contributed by atoms with E-state index in [4.69, 9.17) is 9.47 Å². The summed E-state index contributed by atoms with van der Waals surface area (Å²) in [6.45, 7) is 4.10. The predicted octanol–water partition coefficient (Wildman–Crippen LogP) is 5.14. The van der Waals surface area contributed by atoms with E-state index in [1.165, 1.54) is 10.9 Å². The molecule has 0 bridgehead atoms. The number of aromatic amines is 1. The number of pyridine rings is 1. The molecule has 3 aromatic rings. The highest BCUT2D eigenvalue weighted by atomic mass is 79.9. The molecule has 1 aliphatic heterocycles. The zero-order valence-corrected chi connectivity index (χ0v) is 18.9. The van der Waals surface area contributed by atoms with E-state index in [1.807, 2.05) is 17.0 Å². The summed E-state index contributed by atoms with van der Waals surface area (Å²) in [6.07, 6.45) is 6.64. The summed E-state index contributed by atoms with van der Waals surface area (Å²) in [5.74, 6) is 1.66. The van der Waals surface area contributed by atoms with Crippen LogP contribution in [0.15, 0.2) is 41.1 Å². The number of methoxy groups -OCH3 is 1. The van der Waals surface area contributed by atoms with E-state index in [1.54, 1.807) is 19.4 Å². The van der Waals surface area contributed by atoms with Gasteiger partial charge in [0.15, 0.2) is 11.5 Å². The molecule has 4 rings (SSSR count). The molecule has 1 saturated heterocycles. The van der Waals surface area contributed by atoms with E-state index in [0.29, 0.717) is 29.6 Å². The molecule has 0 atom stereocenters. The fourth-order valence-corrected chi connectivity index (χ4v) is 4.64. The summed E-state index contributed by atoms with van der Waals surface area (Å²) in [5.41, 5.74) is 2.83. The molecule has 158 valence electrons. The van der Waals surface area contributed by atoms with E-state index < -0.39 is 0 Å². The number of nitrogens with one attached hydrogen (secondary N) is 1. The van der Waals surface area contributed by atoms with Crippen LogP contribution in [0.1, 0.15) is 48.0 Å². The van der Waals surface area contributed by atoms with Crippen molar-refractivity contribution < 1.29 is 14.3 Å². The largest absolute Gasteiger partial charge is 0.493 e. The van der Waals surface area contributed by atoms with Gasteiger partial charge in [-0.25, -0.2) is 4.98 Å². The number of fused-ring (bicyclic) bond motifs is 1. The third kappa shape index (κ3) is 4.03. The number of aromatic nitrogens is 2. The van der Waals surface area contributed by atoms with Crippen LogP contribution >= 0.6 is 15.9 Å². The number of nitrogens with zero attached hydrogens (tertiary/aromatic N) is 2. The van der Waals surface area contributed by atoms with Crippen LogP contribution in [0.3, 0.4) is 0 Å². The Labute approximate surface area is 184 Å². The van der Waals surface area contributed by atoms with Gasteiger partial charge in [-0.05, 0) is 70.9 Å². The number of hydrogen-bond acceptors (Lipinski definition) is 4. The zero-order chi connectivity index (χ0) is 21.1. The SMILES string of the molecule is CCCOc1c(Br)cc(C(=O)N2CCC(c3c[nH]c4ncccc34)CC2)cc1OC. The third-order valence-corrected chi connectivity index (χ3v) is 6.22. The summed E-state index contributed by atoms with van der Waals surface area (Å²) < 4.78 is 12.0. The van der Waals surface area contributed by atoms with E-state index in [9.17, 15) is 4.79 Å². The summed E-state index contributed by atoms with van der Waals surface area (Å²) >= 11 is 3.53. The van der Waals surface area contributed by atoms with Gasteiger partial charge in [-0.15, -0.1) is 0 Å². The smallest absolute Gasteiger partial charge is 0.254 e. The number of H-pyrrole nitrogens is 1. The monoisotopic (exact) mass is 471 g/mol. The lowest BCUT2D eigenvalue weighted by Crippen LogP contribution is -2.37. The van der Waals surface area contributed by atoms with Crippen molar-refractivity contribution in [2.45, 2.75) is 32.1 Å². The van der Waals surface area contributed by atoms with Crippen molar-refractivity contribution in [3.8, 4) is 11.5 Å². The number of hydrogen-bond donors (Lipinski definition) is 1. The lowest BCUT2D eigenvalue weighted by molar-refractivity contribution is 0.0712. The Kier molecular flexibility index (Phi) is 6.27. The zero-order valence-electron chi connectivity index (χ0n) is 17.3. The highest BCUT2D eigenvalue weighted by Crippen LogP contribution is 2.38. The normalized spacial score (nSPS) is 14.8. The molecule has 1 aromatic carbocycles. The molecule has 1 N–H and O–H groups in total. The first-order valence-corrected chi connectivity index (χ1v) is 11.1. The quantitative estimate of drug-likeness (QED) is 0.540. The Hall–Kier alpha value is -2.54. The molecular weight excluding hydrogens is 446 g/mol. The van der Waals surface area contributed by atoms with Gasteiger partial charge in [0, 0.05) is 36.4 Å². The van der Waals surface area contributed by atoms with Gasteiger partial charge in [-0.2, -0.15) is 0 Å². The number of halogens is 1. The van der Waals surface area contributed by atoms with Gasteiger partial charge < -0.3 is 19.4 Å². The molecule has 1 fully saturated rings. The van der Waals surface area contributed by atoms with Crippen molar-refractivity contribution in [3.63, 3.8) is 0 Å². The Morgan fingerprint density at radius 1 is 1.33 bits per heavy atom. The maximum absolute atomic E-state index is 13.1. The van der Waals surface area contributed by atoms with Crippen LogP contribution in [0.4, 0.5) is 0 Å². The second kappa shape index (κ2) is 9.08. The number of likely N-dealkylation sites (tertiary alicyclic amines) is 1. The minimum atomic E-state index is 0.0232. The number of carbonyl (C=O) groups excluding carboxylic acids is 1. The van der Waals surface area contributed by atoms with Crippen LogP contribution in [-0.4, -0.2) is 47.6 Å². The van der Waals surface area contributed by atoms with Gasteiger partial charge in [-0.1, -0.05) is 6.92 Å². The molecule has 0 unspecified atom stereocenters. The molecular formula is C23H26BrN3O3. The summed E-state index contributed by atoms with van der Waals surface area (Å²) in [5, 5.41) is 1.18. The third-order valence-electron chi connectivity index (χ3n) is 5.63. The van der Waals surface area contributed by atoms with Crippen molar-refractivity contribution in [2.75, 3.05) is 26.8 Å². The molecule has 6 nitrogen and oxygen atoms in total. The van der Waals surface area contributed by atoms with Crippen molar-refractivity contribution in [3.05, 3.63) is 52.3 Å². The van der Waals surface area contributed by atoms with E-state index in [0.717, 1.165) is 42.5 Å². The number of carbonyl (C=O) groups is 1. The lowest BCUT2D eigenvalue weighted by atomic mass is 9.89. The number of piperidine rings is 1. The van der Waals surface area contributed by atoms with Gasteiger partial charge in [0.25, 0.3) is 5.91 Å². The summed E-state index contributed by atoms with van der Waals surface area (Å²) in [6, 6.07) is 7.68. The molecule has 7 heteroatoms. The summed E-state index contributed by atoms with van der Waals surface area (Å²) in [7, 11) is 1.59. The lowest BCUT2D eigenvalue weighted by Gasteiger charge is -2.32. The maximum atomic E-state index is 13.1. The van der Waals surface area contributed by atoms with Crippen LogP contribution in [0, 0.1) is 0 Å². The first-order chi connectivity index (χ1) is 14.6. The Morgan fingerprint density at radius 2 is 2.13 bits per heavy atom. The van der Waals surface area contributed by atoms with Crippen molar-refractivity contribution in [1.82, 2.24) is 14.9 Å². The number of benzene rings is 1. The van der Waals surface area contributed by atoms with E-state index >= 15 is 0 Å². The molecule has 1 amide bonds. The average Bonchev–Trinajstić information content (AvgIpc) is 3.21. The van der Waals surface area contributed by atoms with Crippen LogP contribution in [0.5, 0.6) is 11.5 Å². The first-order valence-electron chi connectivity index (χ1n) is 10.3. The number of rotatable bonds is 6. The number of amides is 1. The Morgan fingerprint density at radius 3 is 2.87 bits per heavy atom. The van der Waals surface area contributed by atoms with Gasteiger partial charge in [-0.3, -0.25) is 4.79 Å². The molecule has 0 spiro atoms. The highest BCUT2D eigenvalue weighted by Gasteiger charge is 2.27. The van der Waals surface area contributed by atoms with E-state index in [2.05, 4.69) is 45.1 Å². The van der Waals surface area contributed by atoms with Crippen molar-refractivity contribution in [1.29, 1.82) is 0 Å². The van der Waals surface area contributed by atoms with Crippen molar-refractivity contribution in [2.24, 2.45) is 0 Å². The van der Waals surface area contributed by atoms with Crippen LogP contribution in [0.25, 0.3) is 11.0 Å².